The summed E-state index contributed by atoms with van der Waals surface area (Å²) >= 11 is 0. The Morgan fingerprint density at radius 3 is 2.18 bits per heavy atom. The number of benzene rings is 1. The molecule has 96 valence electrons. The minimum atomic E-state index is -0.133. The van der Waals surface area contributed by atoms with E-state index in [0.717, 1.165) is 12.0 Å². The van der Waals surface area contributed by atoms with Crippen LogP contribution >= 0.6 is 0 Å². The molecule has 1 aromatic rings. The summed E-state index contributed by atoms with van der Waals surface area (Å²) in [5.74, 6) is -0.133. The van der Waals surface area contributed by atoms with E-state index in [-0.39, 0.29) is 16.8 Å². The zero-order chi connectivity index (χ0) is 13.1. The lowest BCUT2D eigenvalue weighted by molar-refractivity contribution is 0.240. The smallest absolute Gasteiger partial charge is 0.127 e. The van der Waals surface area contributed by atoms with Gasteiger partial charge in [-0.1, -0.05) is 39.0 Å². The number of nitrogens with one attached hydrogen (secondary N) is 1. The second-order valence-electron chi connectivity index (χ2n) is 6.57. The largest absolute Gasteiger partial charge is 0.308 e. The summed E-state index contributed by atoms with van der Waals surface area (Å²) in [5, 5.41) is 3.43. The maximum absolute atomic E-state index is 13.5. The first-order valence-corrected chi connectivity index (χ1v) is 6.18. The Labute approximate surface area is 104 Å². The van der Waals surface area contributed by atoms with Crippen LogP contribution in [0.3, 0.4) is 0 Å². The molecule has 0 aliphatic heterocycles. The van der Waals surface area contributed by atoms with Crippen molar-refractivity contribution < 1.29 is 4.39 Å². The molecule has 0 saturated heterocycles. The Kier molecular flexibility index (Phi) is 4.31. The highest BCUT2D eigenvalue weighted by atomic mass is 19.1. The van der Waals surface area contributed by atoms with Gasteiger partial charge in [0.05, 0.1) is 0 Å². The van der Waals surface area contributed by atoms with Gasteiger partial charge in [0.15, 0.2) is 0 Å². The average molecular weight is 237 g/mol. The van der Waals surface area contributed by atoms with E-state index in [1.54, 1.807) is 6.07 Å². The first-order chi connectivity index (χ1) is 7.70. The van der Waals surface area contributed by atoms with Crippen LogP contribution in [0.15, 0.2) is 24.3 Å². The number of hydrogen-bond donors (Lipinski definition) is 1. The Morgan fingerprint density at radius 1 is 1.06 bits per heavy atom. The molecule has 1 aromatic carbocycles. The van der Waals surface area contributed by atoms with Gasteiger partial charge in [-0.15, -0.1) is 0 Å². The predicted molar refractivity (Wildman–Crippen MR) is 71.4 cm³/mol. The van der Waals surface area contributed by atoms with Crippen LogP contribution < -0.4 is 5.32 Å². The Balaban J connectivity index is 2.59. The van der Waals surface area contributed by atoms with E-state index in [1.807, 2.05) is 12.1 Å². The van der Waals surface area contributed by atoms with E-state index in [2.05, 4.69) is 39.9 Å². The summed E-state index contributed by atoms with van der Waals surface area (Å²) in [6, 6.07) is 6.93. The molecule has 17 heavy (non-hydrogen) atoms. The van der Waals surface area contributed by atoms with E-state index < -0.39 is 0 Å². The van der Waals surface area contributed by atoms with Gasteiger partial charge in [0.1, 0.15) is 5.82 Å². The topological polar surface area (TPSA) is 12.0 Å². The molecule has 0 amide bonds. The van der Waals surface area contributed by atoms with Crippen molar-refractivity contribution in [2.24, 2.45) is 5.41 Å². The van der Waals surface area contributed by atoms with E-state index in [4.69, 9.17) is 0 Å². The molecule has 0 aliphatic carbocycles. The molecule has 0 unspecified atom stereocenters. The van der Waals surface area contributed by atoms with Gasteiger partial charge in [-0.3, -0.25) is 0 Å². The summed E-state index contributed by atoms with van der Waals surface area (Å²) < 4.78 is 13.5. The monoisotopic (exact) mass is 237 g/mol. The molecule has 0 heterocycles. The highest BCUT2D eigenvalue weighted by Gasteiger charge is 2.24. The predicted octanol–water partition coefficient (Wildman–Crippen LogP) is 4.13. The van der Waals surface area contributed by atoms with Crippen molar-refractivity contribution in [2.45, 2.75) is 53.1 Å². The molecule has 0 fully saturated rings. The lowest BCUT2D eigenvalue weighted by atomic mass is 9.82. The summed E-state index contributed by atoms with van der Waals surface area (Å²) in [4.78, 5) is 0. The van der Waals surface area contributed by atoms with Crippen molar-refractivity contribution >= 4 is 0 Å². The number of hydrogen-bond acceptors (Lipinski definition) is 1. The standard InChI is InChI=1S/C15H24FN/c1-14(2,3)11-15(4,5)17-10-12-8-6-7-9-13(12)16/h6-9,17H,10-11H2,1-5H3. The van der Waals surface area contributed by atoms with Crippen molar-refractivity contribution in [2.75, 3.05) is 0 Å². The molecule has 0 aliphatic rings. The lowest BCUT2D eigenvalue weighted by Crippen LogP contribution is -2.42. The quantitative estimate of drug-likeness (QED) is 0.830. The van der Waals surface area contributed by atoms with E-state index in [0.29, 0.717) is 6.54 Å². The molecule has 0 bridgehead atoms. The van der Waals surface area contributed by atoms with Gasteiger partial charge >= 0.3 is 0 Å². The molecular weight excluding hydrogens is 213 g/mol. The summed E-state index contributed by atoms with van der Waals surface area (Å²) in [6.45, 7) is 11.6. The highest BCUT2D eigenvalue weighted by molar-refractivity contribution is 5.17. The second-order valence-corrected chi connectivity index (χ2v) is 6.57. The maximum atomic E-state index is 13.5. The molecule has 1 N–H and O–H groups in total. The first-order valence-electron chi connectivity index (χ1n) is 6.18. The zero-order valence-corrected chi connectivity index (χ0v) is 11.6. The summed E-state index contributed by atoms with van der Waals surface area (Å²) in [6.07, 6.45) is 1.05. The van der Waals surface area contributed by atoms with Gasteiger partial charge in [0.2, 0.25) is 0 Å². The molecule has 1 rings (SSSR count). The second kappa shape index (κ2) is 5.18. The van der Waals surface area contributed by atoms with Crippen LogP contribution in [-0.2, 0) is 6.54 Å². The van der Waals surface area contributed by atoms with E-state index >= 15 is 0 Å². The van der Waals surface area contributed by atoms with Crippen LogP contribution in [-0.4, -0.2) is 5.54 Å². The molecule has 1 nitrogen and oxygen atoms in total. The first kappa shape index (κ1) is 14.2. The van der Waals surface area contributed by atoms with Crippen molar-refractivity contribution in [1.82, 2.24) is 5.32 Å². The van der Waals surface area contributed by atoms with Crippen molar-refractivity contribution in [3.8, 4) is 0 Å². The maximum Gasteiger partial charge on any atom is 0.127 e. The summed E-state index contributed by atoms with van der Waals surface area (Å²) in [7, 11) is 0. The Bertz CT molecular complexity index is 363. The molecule has 0 radical (unpaired) electrons. The van der Waals surface area contributed by atoms with Crippen LogP contribution in [0.2, 0.25) is 0 Å². The van der Waals surface area contributed by atoms with Gasteiger partial charge in [-0.05, 0) is 31.7 Å². The molecule has 2 heteroatoms. The Hall–Kier alpha value is -0.890. The Morgan fingerprint density at radius 2 is 1.65 bits per heavy atom. The molecule has 0 spiro atoms. The summed E-state index contributed by atoms with van der Waals surface area (Å²) in [5.41, 5.74) is 1.01. The van der Waals surface area contributed by atoms with Crippen LogP contribution in [0, 0.1) is 11.2 Å². The molecular formula is C15H24FN. The van der Waals surface area contributed by atoms with Crippen molar-refractivity contribution in [3.05, 3.63) is 35.6 Å². The highest BCUT2D eigenvalue weighted by Crippen LogP contribution is 2.27. The minimum absolute atomic E-state index is 0.0144. The van der Waals surface area contributed by atoms with Crippen molar-refractivity contribution in [3.63, 3.8) is 0 Å². The normalized spacial score (nSPS) is 12.8. The van der Waals surface area contributed by atoms with Crippen molar-refractivity contribution in [1.29, 1.82) is 0 Å². The third-order valence-corrected chi connectivity index (χ3v) is 2.69. The fraction of sp³-hybridized carbons (Fsp3) is 0.600. The van der Waals surface area contributed by atoms with Gasteiger partial charge in [-0.25, -0.2) is 4.39 Å². The third kappa shape index (κ3) is 5.31. The molecule has 0 saturated carbocycles. The fourth-order valence-corrected chi connectivity index (χ4v) is 2.36. The van der Waals surface area contributed by atoms with Gasteiger partial charge in [-0.2, -0.15) is 0 Å². The van der Waals surface area contributed by atoms with E-state index in [1.165, 1.54) is 6.07 Å². The van der Waals surface area contributed by atoms with Crippen LogP contribution in [0.25, 0.3) is 0 Å². The van der Waals surface area contributed by atoms with Gasteiger partial charge < -0.3 is 5.32 Å². The van der Waals surface area contributed by atoms with E-state index in [9.17, 15) is 4.39 Å². The number of rotatable bonds is 4. The van der Waals surface area contributed by atoms with Gasteiger partial charge in [0, 0.05) is 17.6 Å². The minimum Gasteiger partial charge on any atom is -0.308 e. The van der Waals surface area contributed by atoms with Gasteiger partial charge in [0.25, 0.3) is 0 Å². The molecule has 0 aromatic heterocycles. The van der Waals surface area contributed by atoms with Crippen LogP contribution in [0.5, 0.6) is 0 Å². The number of halogens is 1. The van der Waals surface area contributed by atoms with Crippen LogP contribution in [0.1, 0.15) is 46.6 Å². The third-order valence-electron chi connectivity index (χ3n) is 2.69. The zero-order valence-electron chi connectivity index (χ0n) is 11.6. The SMILES string of the molecule is CC(C)(C)CC(C)(C)NCc1ccccc1F. The average Bonchev–Trinajstić information content (AvgIpc) is 2.13. The molecule has 0 atom stereocenters. The lowest BCUT2D eigenvalue weighted by Gasteiger charge is -2.33. The fourth-order valence-electron chi connectivity index (χ4n) is 2.36. The van der Waals surface area contributed by atoms with Crippen LogP contribution in [0.4, 0.5) is 4.39 Å².